The van der Waals surface area contributed by atoms with E-state index in [9.17, 15) is 4.79 Å². The fourth-order valence-corrected chi connectivity index (χ4v) is 1.19. The molecule has 1 rings (SSSR count). The Morgan fingerprint density at radius 3 is 3.00 bits per heavy atom. The van der Waals surface area contributed by atoms with Gasteiger partial charge in [-0.15, -0.1) is 0 Å². The van der Waals surface area contributed by atoms with Crippen LogP contribution in [-0.2, 0) is 4.79 Å². The second-order valence-electron chi connectivity index (χ2n) is 3.35. The van der Waals surface area contributed by atoms with Gasteiger partial charge >= 0.3 is 5.97 Å². The summed E-state index contributed by atoms with van der Waals surface area (Å²) >= 11 is 0. The zero-order chi connectivity index (χ0) is 12.0. The molecule has 1 unspecified atom stereocenters. The molecule has 0 aromatic heterocycles. The minimum atomic E-state index is -1.01. The van der Waals surface area contributed by atoms with Crippen molar-refractivity contribution in [1.29, 1.82) is 5.26 Å². The summed E-state index contributed by atoms with van der Waals surface area (Å²) in [6.45, 7) is 0.461. The van der Waals surface area contributed by atoms with E-state index in [-0.39, 0.29) is 0 Å². The molecule has 0 heterocycles. The molecule has 0 bridgehead atoms. The molecule has 4 N–H and O–H groups in total. The molecule has 84 valence electrons. The summed E-state index contributed by atoms with van der Waals surface area (Å²) in [6.07, 6.45) is 0.339. The van der Waals surface area contributed by atoms with Crippen molar-refractivity contribution in [2.24, 2.45) is 5.73 Å². The molecular weight excluding hydrogens is 206 g/mol. The number of nitrogens with zero attached hydrogens (tertiary/aromatic N) is 1. The number of carboxylic acids is 1. The number of carbonyl (C=O) groups is 1. The van der Waals surface area contributed by atoms with Crippen molar-refractivity contribution in [3.05, 3.63) is 29.8 Å². The van der Waals surface area contributed by atoms with Crippen molar-refractivity contribution >= 4 is 11.7 Å². The van der Waals surface area contributed by atoms with Gasteiger partial charge in [-0.25, -0.2) is 0 Å². The quantitative estimate of drug-likeness (QED) is 0.679. The minimum absolute atomic E-state index is 0.339. The molecule has 1 aromatic carbocycles. The number of carboxylic acid groups (broad SMARTS) is 1. The van der Waals surface area contributed by atoms with Crippen LogP contribution in [0.25, 0.3) is 0 Å². The van der Waals surface area contributed by atoms with Crippen molar-refractivity contribution < 1.29 is 9.90 Å². The van der Waals surface area contributed by atoms with Crippen LogP contribution >= 0.6 is 0 Å². The summed E-state index contributed by atoms with van der Waals surface area (Å²) in [6, 6.07) is 8.15. The van der Waals surface area contributed by atoms with Gasteiger partial charge in [0, 0.05) is 12.2 Å². The van der Waals surface area contributed by atoms with E-state index in [2.05, 4.69) is 5.32 Å². The van der Waals surface area contributed by atoms with E-state index in [0.717, 1.165) is 5.69 Å². The number of rotatable bonds is 5. The van der Waals surface area contributed by atoms with Crippen LogP contribution in [0.3, 0.4) is 0 Å². The number of hydrogen-bond donors (Lipinski definition) is 3. The third-order valence-corrected chi connectivity index (χ3v) is 2.09. The van der Waals surface area contributed by atoms with Gasteiger partial charge in [-0.05, 0) is 24.6 Å². The predicted octanol–water partition coefficient (Wildman–Crippen LogP) is 0.772. The van der Waals surface area contributed by atoms with Gasteiger partial charge in [-0.2, -0.15) is 5.26 Å². The third kappa shape index (κ3) is 3.59. The first-order valence-corrected chi connectivity index (χ1v) is 4.86. The number of benzene rings is 1. The Hall–Kier alpha value is -2.06. The Kier molecular flexibility index (Phi) is 4.30. The molecule has 0 saturated carbocycles. The highest BCUT2D eigenvalue weighted by Crippen LogP contribution is 2.09. The smallest absolute Gasteiger partial charge is 0.320 e. The van der Waals surface area contributed by atoms with E-state index in [1.165, 1.54) is 0 Å². The summed E-state index contributed by atoms with van der Waals surface area (Å²) in [5.41, 5.74) is 6.70. The van der Waals surface area contributed by atoms with Crippen molar-refractivity contribution in [2.75, 3.05) is 11.9 Å². The predicted molar refractivity (Wildman–Crippen MR) is 59.9 cm³/mol. The van der Waals surface area contributed by atoms with Crippen LogP contribution in [0.15, 0.2) is 24.3 Å². The molecule has 0 aliphatic rings. The Morgan fingerprint density at radius 2 is 2.38 bits per heavy atom. The highest BCUT2D eigenvalue weighted by molar-refractivity contribution is 5.73. The first-order valence-electron chi connectivity index (χ1n) is 4.86. The van der Waals surface area contributed by atoms with Crippen LogP contribution in [0.5, 0.6) is 0 Å². The van der Waals surface area contributed by atoms with Gasteiger partial charge in [-0.1, -0.05) is 6.07 Å². The number of nitrogens with one attached hydrogen (secondary N) is 1. The van der Waals surface area contributed by atoms with Gasteiger partial charge in [-0.3, -0.25) is 4.79 Å². The summed E-state index contributed by atoms with van der Waals surface area (Å²) in [4.78, 5) is 10.4. The van der Waals surface area contributed by atoms with Gasteiger partial charge in [0.1, 0.15) is 6.04 Å². The fraction of sp³-hybridized carbons (Fsp3) is 0.273. The molecule has 5 nitrogen and oxygen atoms in total. The first kappa shape index (κ1) is 12.0. The lowest BCUT2D eigenvalue weighted by atomic mass is 10.2. The number of anilines is 1. The lowest BCUT2D eigenvalue weighted by Gasteiger charge is -2.08. The highest BCUT2D eigenvalue weighted by Gasteiger charge is 2.09. The topological polar surface area (TPSA) is 99.1 Å². The van der Waals surface area contributed by atoms with Gasteiger partial charge in [0.05, 0.1) is 11.6 Å². The summed E-state index contributed by atoms with van der Waals surface area (Å²) in [5, 5.41) is 20.2. The lowest BCUT2D eigenvalue weighted by Crippen LogP contribution is -2.32. The zero-order valence-corrected chi connectivity index (χ0v) is 8.68. The Balaban J connectivity index is 2.43. The van der Waals surface area contributed by atoms with Crippen LogP contribution in [0.4, 0.5) is 5.69 Å². The standard InChI is InChI=1S/C11H13N3O2/c12-7-8-2-1-3-9(6-8)14-5-4-10(13)11(15)16/h1-3,6,10,14H,4-5,13H2,(H,15,16). The second kappa shape index (κ2) is 5.73. The maximum atomic E-state index is 10.4. The number of nitrogens with two attached hydrogens (primary N) is 1. The monoisotopic (exact) mass is 219 g/mol. The molecule has 0 aliphatic heterocycles. The maximum Gasteiger partial charge on any atom is 0.320 e. The number of aliphatic carboxylic acids is 1. The van der Waals surface area contributed by atoms with Gasteiger partial charge in [0.2, 0.25) is 0 Å². The van der Waals surface area contributed by atoms with Crippen molar-refractivity contribution in [3.8, 4) is 6.07 Å². The van der Waals surface area contributed by atoms with Crippen molar-refractivity contribution in [3.63, 3.8) is 0 Å². The van der Waals surface area contributed by atoms with Gasteiger partial charge in [0.25, 0.3) is 0 Å². The van der Waals surface area contributed by atoms with E-state index in [4.69, 9.17) is 16.1 Å². The molecule has 0 fully saturated rings. The largest absolute Gasteiger partial charge is 0.480 e. The maximum absolute atomic E-state index is 10.4. The molecule has 0 spiro atoms. The van der Waals surface area contributed by atoms with E-state index >= 15 is 0 Å². The summed E-state index contributed by atoms with van der Waals surface area (Å²) in [7, 11) is 0. The van der Waals surface area contributed by atoms with Gasteiger partial charge < -0.3 is 16.2 Å². The molecular formula is C11H13N3O2. The normalized spacial score (nSPS) is 11.5. The summed E-state index contributed by atoms with van der Waals surface area (Å²) in [5.74, 6) is -1.01. The zero-order valence-electron chi connectivity index (χ0n) is 8.68. The Morgan fingerprint density at radius 1 is 1.62 bits per heavy atom. The van der Waals surface area contributed by atoms with E-state index < -0.39 is 12.0 Å². The van der Waals surface area contributed by atoms with Crippen LogP contribution in [0.2, 0.25) is 0 Å². The van der Waals surface area contributed by atoms with Crippen molar-refractivity contribution in [1.82, 2.24) is 0 Å². The molecule has 0 aliphatic carbocycles. The van der Waals surface area contributed by atoms with E-state index in [1.54, 1.807) is 18.2 Å². The van der Waals surface area contributed by atoms with Crippen LogP contribution < -0.4 is 11.1 Å². The number of nitriles is 1. The van der Waals surface area contributed by atoms with Crippen LogP contribution in [0.1, 0.15) is 12.0 Å². The van der Waals surface area contributed by atoms with Crippen LogP contribution in [-0.4, -0.2) is 23.7 Å². The molecule has 5 heteroatoms. The van der Waals surface area contributed by atoms with Gasteiger partial charge in [0.15, 0.2) is 0 Å². The molecule has 16 heavy (non-hydrogen) atoms. The first-order chi connectivity index (χ1) is 7.63. The summed E-state index contributed by atoms with van der Waals surface area (Å²) < 4.78 is 0. The minimum Gasteiger partial charge on any atom is -0.480 e. The van der Waals surface area contributed by atoms with E-state index in [0.29, 0.717) is 18.5 Å². The van der Waals surface area contributed by atoms with Crippen LogP contribution in [0, 0.1) is 11.3 Å². The van der Waals surface area contributed by atoms with Crippen molar-refractivity contribution in [2.45, 2.75) is 12.5 Å². The molecule has 0 saturated heterocycles. The molecule has 1 atom stereocenters. The molecule has 0 radical (unpaired) electrons. The molecule has 0 amide bonds. The lowest BCUT2D eigenvalue weighted by molar-refractivity contribution is -0.138. The highest BCUT2D eigenvalue weighted by atomic mass is 16.4. The van der Waals surface area contributed by atoms with E-state index in [1.807, 2.05) is 12.1 Å². The second-order valence-corrected chi connectivity index (χ2v) is 3.35. The Labute approximate surface area is 93.5 Å². The average molecular weight is 219 g/mol. The number of hydrogen-bond acceptors (Lipinski definition) is 4. The average Bonchev–Trinajstić information content (AvgIpc) is 2.29. The fourth-order valence-electron chi connectivity index (χ4n) is 1.19. The SMILES string of the molecule is N#Cc1cccc(NCCC(N)C(=O)O)c1. The third-order valence-electron chi connectivity index (χ3n) is 2.09. The molecule has 1 aromatic rings. The Bertz CT molecular complexity index is 412.